The van der Waals surface area contributed by atoms with Crippen molar-refractivity contribution < 1.29 is 9.90 Å². The summed E-state index contributed by atoms with van der Waals surface area (Å²) in [5.41, 5.74) is 2.02. The fourth-order valence-corrected chi connectivity index (χ4v) is 3.49. The Labute approximate surface area is 91.4 Å². The van der Waals surface area contributed by atoms with Crippen LogP contribution in [-0.4, -0.2) is 11.1 Å². The highest BCUT2D eigenvalue weighted by Gasteiger charge is 2.49. The Morgan fingerprint density at radius 3 is 2.40 bits per heavy atom. The molecule has 0 spiro atoms. The molecular weight excluding hydrogens is 188 g/mol. The predicted molar refractivity (Wildman–Crippen MR) is 59.6 cm³/mol. The van der Waals surface area contributed by atoms with Crippen LogP contribution in [0.3, 0.4) is 0 Å². The number of carbonyl (C=O) groups is 1. The van der Waals surface area contributed by atoms with Gasteiger partial charge in [-0.05, 0) is 50.9 Å². The van der Waals surface area contributed by atoms with Gasteiger partial charge in [0.15, 0.2) is 0 Å². The van der Waals surface area contributed by atoms with Gasteiger partial charge in [-0.1, -0.05) is 18.4 Å². The summed E-state index contributed by atoms with van der Waals surface area (Å²) in [7, 11) is 0. The van der Waals surface area contributed by atoms with Gasteiger partial charge in [0.1, 0.15) is 0 Å². The SMILES string of the molecule is CC(C(=O)O)=C(C)C12CCCCC1CC2. The molecule has 0 aromatic carbocycles. The molecule has 0 heterocycles. The minimum atomic E-state index is -0.738. The van der Waals surface area contributed by atoms with Crippen LogP contribution < -0.4 is 0 Å². The van der Waals surface area contributed by atoms with Crippen molar-refractivity contribution in [2.24, 2.45) is 11.3 Å². The first-order valence-corrected chi connectivity index (χ1v) is 5.99. The standard InChI is InChI=1S/C13H20O2/c1-9(12(14)15)10(2)13-7-4-3-5-11(13)6-8-13/h11H,3-8H2,1-2H3,(H,14,15). The highest BCUT2D eigenvalue weighted by Crippen LogP contribution is 2.60. The number of aliphatic carboxylic acids is 1. The van der Waals surface area contributed by atoms with E-state index in [0.29, 0.717) is 5.57 Å². The van der Waals surface area contributed by atoms with E-state index in [-0.39, 0.29) is 5.41 Å². The minimum Gasteiger partial charge on any atom is -0.478 e. The van der Waals surface area contributed by atoms with Crippen LogP contribution >= 0.6 is 0 Å². The molecule has 0 radical (unpaired) electrons. The molecule has 2 nitrogen and oxygen atoms in total. The lowest BCUT2D eigenvalue weighted by molar-refractivity contribution is -0.132. The predicted octanol–water partition coefficient (Wildman–Crippen LogP) is 3.38. The number of hydrogen-bond donors (Lipinski definition) is 1. The maximum atomic E-state index is 11.0. The van der Waals surface area contributed by atoms with Crippen LogP contribution in [0.25, 0.3) is 0 Å². The Morgan fingerprint density at radius 1 is 1.20 bits per heavy atom. The molecule has 2 fully saturated rings. The Morgan fingerprint density at radius 2 is 1.93 bits per heavy atom. The largest absolute Gasteiger partial charge is 0.478 e. The molecule has 1 N–H and O–H groups in total. The average molecular weight is 208 g/mol. The van der Waals surface area contributed by atoms with Crippen molar-refractivity contribution in [3.63, 3.8) is 0 Å². The van der Waals surface area contributed by atoms with Gasteiger partial charge in [-0.2, -0.15) is 0 Å². The van der Waals surface area contributed by atoms with Gasteiger partial charge in [-0.15, -0.1) is 0 Å². The van der Waals surface area contributed by atoms with Gasteiger partial charge in [0.05, 0.1) is 0 Å². The number of carboxylic acids is 1. The summed E-state index contributed by atoms with van der Waals surface area (Å²) in [6, 6.07) is 0. The van der Waals surface area contributed by atoms with Crippen molar-refractivity contribution in [3.8, 4) is 0 Å². The molecule has 2 heteroatoms. The highest BCUT2D eigenvalue weighted by molar-refractivity contribution is 5.87. The normalized spacial score (nSPS) is 36.3. The van der Waals surface area contributed by atoms with Crippen LogP contribution in [0, 0.1) is 11.3 Å². The van der Waals surface area contributed by atoms with Crippen LogP contribution in [0.5, 0.6) is 0 Å². The van der Waals surface area contributed by atoms with E-state index in [1.807, 2.05) is 6.92 Å². The molecule has 0 aliphatic heterocycles. The lowest BCUT2D eigenvalue weighted by atomic mass is 9.50. The maximum absolute atomic E-state index is 11.0. The van der Waals surface area contributed by atoms with Crippen molar-refractivity contribution >= 4 is 5.97 Å². The second-order valence-electron chi connectivity index (χ2n) is 5.19. The van der Waals surface area contributed by atoms with Crippen molar-refractivity contribution in [3.05, 3.63) is 11.1 Å². The first-order chi connectivity index (χ1) is 7.08. The summed E-state index contributed by atoms with van der Waals surface area (Å²) in [4.78, 5) is 11.0. The second kappa shape index (κ2) is 3.66. The molecular formula is C13H20O2. The second-order valence-corrected chi connectivity index (χ2v) is 5.19. The van der Waals surface area contributed by atoms with Crippen LogP contribution in [0.2, 0.25) is 0 Å². The van der Waals surface area contributed by atoms with Crippen molar-refractivity contribution in [2.45, 2.75) is 52.4 Å². The fourth-order valence-electron chi connectivity index (χ4n) is 3.49. The monoisotopic (exact) mass is 208 g/mol. The highest BCUT2D eigenvalue weighted by atomic mass is 16.4. The summed E-state index contributed by atoms with van der Waals surface area (Å²) < 4.78 is 0. The van der Waals surface area contributed by atoms with Crippen molar-refractivity contribution in [1.29, 1.82) is 0 Å². The molecule has 2 unspecified atom stereocenters. The van der Waals surface area contributed by atoms with Crippen molar-refractivity contribution in [1.82, 2.24) is 0 Å². The molecule has 15 heavy (non-hydrogen) atoms. The van der Waals surface area contributed by atoms with Gasteiger partial charge in [-0.3, -0.25) is 0 Å². The van der Waals surface area contributed by atoms with Gasteiger partial charge >= 0.3 is 5.97 Å². The summed E-state index contributed by atoms with van der Waals surface area (Å²) in [5, 5.41) is 9.05. The first kappa shape index (κ1) is 10.7. The molecule has 2 aliphatic carbocycles. The fraction of sp³-hybridized carbons (Fsp3) is 0.769. The lowest BCUT2D eigenvalue weighted by Crippen LogP contribution is -2.44. The average Bonchev–Trinajstić information content (AvgIpc) is 2.18. The zero-order chi connectivity index (χ0) is 11.1. The molecule has 0 amide bonds. The van der Waals surface area contributed by atoms with E-state index in [1.165, 1.54) is 38.5 Å². The maximum Gasteiger partial charge on any atom is 0.331 e. The molecule has 2 aliphatic rings. The number of rotatable bonds is 2. The number of fused-ring (bicyclic) bond motifs is 1. The van der Waals surface area contributed by atoms with Gasteiger partial charge in [0.2, 0.25) is 0 Å². The van der Waals surface area contributed by atoms with Gasteiger partial charge in [0, 0.05) is 5.57 Å². The van der Waals surface area contributed by atoms with Crippen LogP contribution in [-0.2, 0) is 4.79 Å². The van der Waals surface area contributed by atoms with Gasteiger partial charge < -0.3 is 5.11 Å². The lowest BCUT2D eigenvalue weighted by Gasteiger charge is -2.54. The third-order valence-electron chi connectivity index (χ3n) is 4.78. The number of allylic oxidation sites excluding steroid dienone is 1. The summed E-state index contributed by atoms with van der Waals surface area (Å²) in [6.45, 7) is 3.80. The Balaban J connectivity index is 2.28. The molecule has 0 bridgehead atoms. The zero-order valence-corrected chi connectivity index (χ0v) is 9.68. The van der Waals surface area contributed by atoms with E-state index in [2.05, 4.69) is 0 Å². The van der Waals surface area contributed by atoms with E-state index in [1.54, 1.807) is 6.92 Å². The first-order valence-electron chi connectivity index (χ1n) is 5.99. The summed E-state index contributed by atoms with van der Waals surface area (Å²) >= 11 is 0. The van der Waals surface area contributed by atoms with Gasteiger partial charge in [0.25, 0.3) is 0 Å². The summed E-state index contributed by atoms with van der Waals surface area (Å²) in [6.07, 6.45) is 7.67. The van der Waals surface area contributed by atoms with E-state index in [0.717, 1.165) is 11.5 Å². The zero-order valence-electron chi connectivity index (χ0n) is 9.68. The molecule has 0 saturated heterocycles. The quantitative estimate of drug-likeness (QED) is 0.706. The van der Waals surface area contributed by atoms with E-state index < -0.39 is 5.97 Å². The van der Waals surface area contributed by atoms with Crippen LogP contribution in [0.4, 0.5) is 0 Å². The Hall–Kier alpha value is -0.790. The molecule has 2 atom stereocenters. The van der Waals surface area contributed by atoms with Gasteiger partial charge in [-0.25, -0.2) is 4.79 Å². The Bertz CT molecular complexity index is 316. The topological polar surface area (TPSA) is 37.3 Å². The number of hydrogen-bond acceptors (Lipinski definition) is 1. The molecule has 84 valence electrons. The third kappa shape index (κ3) is 1.51. The van der Waals surface area contributed by atoms with E-state index in [4.69, 9.17) is 5.11 Å². The third-order valence-corrected chi connectivity index (χ3v) is 4.78. The molecule has 2 saturated carbocycles. The molecule has 0 aromatic heterocycles. The minimum absolute atomic E-state index is 0.278. The van der Waals surface area contributed by atoms with E-state index in [9.17, 15) is 4.79 Å². The van der Waals surface area contributed by atoms with E-state index >= 15 is 0 Å². The van der Waals surface area contributed by atoms with Crippen LogP contribution in [0.15, 0.2) is 11.1 Å². The smallest absolute Gasteiger partial charge is 0.331 e. The summed E-state index contributed by atoms with van der Waals surface area (Å²) in [5.74, 6) is 0.0404. The molecule has 2 rings (SSSR count). The molecule has 0 aromatic rings. The van der Waals surface area contributed by atoms with Crippen molar-refractivity contribution in [2.75, 3.05) is 0 Å². The van der Waals surface area contributed by atoms with Crippen LogP contribution in [0.1, 0.15) is 52.4 Å². The Kier molecular flexibility index (Phi) is 2.61. The number of carboxylic acid groups (broad SMARTS) is 1.